The SMILES string of the molecule is CC(=O)Nc1cc2c(c3ccccc13)C(=O)NC2=O. The quantitative estimate of drug-likeness (QED) is 0.760. The summed E-state index contributed by atoms with van der Waals surface area (Å²) in [5.74, 6) is -1.06. The first-order chi connectivity index (χ1) is 9.08. The van der Waals surface area contributed by atoms with E-state index in [1.165, 1.54) is 6.92 Å². The maximum Gasteiger partial charge on any atom is 0.259 e. The predicted molar refractivity (Wildman–Crippen MR) is 70.0 cm³/mol. The molecule has 5 nitrogen and oxygen atoms in total. The van der Waals surface area contributed by atoms with E-state index >= 15 is 0 Å². The molecule has 94 valence electrons. The summed E-state index contributed by atoms with van der Waals surface area (Å²) < 4.78 is 0. The second-order valence-electron chi connectivity index (χ2n) is 4.36. The lowest BCUT2D eigenvalue weighted by Gasteiger charge is -2.09. The van der Waals surface area contributed by atoms with Gasteiger partial charge < -0.3 is 5.32 Å². The lowest BCUT2D eigenvalue weighted by Crippen LogP contribution is -2.19. The van der Waals surface area contributed by atoms with Crippen molar-refractivity contribution >= 4 is 34.2 Å². The van der Waals surface area contributed by atoms with Crippen LogP contribution in [-0.4, -0.2) is 17.7 Å². The minimum absolute atomic E-state index is 0.227. The Kier molecular flexibility index (Phi) is 2.35. The normalized spacial score (nSPS) is 13.3. The van der Waals surface area contributed by atoms with Crippen LogP contribution in [0, 0.1) is 0 Å². The van der Waals surface area contributed by atoms with Crippen LogP contribution in [0.5, 0.6) is 0 Å². The van der Waals surface area contributed by atoms with Gasteiger partial charge in [-0.25, -0.2) is 0 Å². The average molecular weight is 254 g/mol. The van der Waals surface area contributed by atoms with Crippen molar-refractivity contribution in [3.05, 3.63) is 41.5 Å². The summed E-state index contributed by atoms with van der Waals surface area (Å²) >= 11 is 0. The number of carbonyl (C=O) groups is 3. The van der Waals surface area contributed by atoms with E-state index in [2.05, 4.69) is 10.6 Å². The van der Waals surface area contributed by atoms with Crippen molar-refractivity contribution in [2.24, 2.45) is 0 Å². The van der Waals surface area contributed by atoms with Crippen LogP contribution in [0.4, 0.5) is 5.69 Å². The van der Waals surface area contributed by atoms with Crippen molar-refractivity contribution in [3.63, 3.8) is 0 Å². The topological polar surface area (TPSA) is 75.3 Å². The maximum atomic E-state index is 11.8. The molecule has 0 saturated carbocycles. The van der Waals surface area contributed by atoms with Crippen LogP contribution in [0.15, 0.2) is 30.3 Å². The minimum Gasteiger partial charge on any atom is -0.326 e. The lowest BCUT2D eigenvalue weighted by molar-refractivity contribution is -0.114. The first-order valence-electron chi connectivity index (χ1n) is 5.77. The summed E-state index contributed by atoms with van der Waals surface area (Å²) in [5, 5.41) is 6.34. The highest BCUT2D eigenvalue weighted by atomic mass is 16.2. The first kappa shape index (κ1) is 11.4. The molecule has 0 bridgehead atoms. The van der Waals surface area contributed by atoms with Gasteiger partial charge in [0.2, 0.25) is 5.91 Å². The Labute approximate surface area is 108 Å². The monoisotopic (exact) mass is 254 g/mol. The van der Waals surface area contributed by atoms with Crippen LogP contribution in [-0.2, 0) is 4.79 Å². The van der Waals surface area contributed by atoms with Crippen LogP contribution in [0.25, 0.3) is 10.8 Å². The zero-order valence-electron chi connectivity index (χ0n) is 10.1. The van der Waals surface area contributed by atoms with Crippen LogP contribution in [0.2, 0.25) is 0 Å². The molecule has 0 aliphatic carbocycles. The highest BCUT2D eigenvalue weighted by Gasteiger charge is 2.29. The number of rotatable bonds is 1. The Morgan fingerprint density at radius 3 is 2.47 bits per heavy atom. The molecule has 1 aliphatic heterocycles. The van der Waals surface area contributed by atoms with Crippen molar-refractivity contribution in [2.75, 3.05) is 5.32 Å². The van der Waals surface area contributed by atoms with Crippen molar-refractivity contribution in [2.45, 2.75) is 6.92 Å². The molecule has 2 aromatic carbocycles. The average Bonchev–Trinajstić information content (AvgIpc) is 2.64. The fourth-order valence-electron chi connectivity index (χ4n) is 2.33. The smallest absolute Gasteiger partial charge is 0.259 e. The van der Waals surface area contributed by atoms with Gasteiger partial charge in [0.15, 0.2) is 0 Å². The summed E-state index contributed by atoms with van der Waals surface area (Å²) in [6.45, 7) is 1.40. The number of anilines is 1. The molecular formula is C14H10N2O3. The van der Waals surface area contributed by atoms with Crippen LogP contribution < -0.4 is 10.6 Å². The third kappa shape index (κ3) is 1.67. The minimum atomic E-state index is -0.433. The molecule has 5 heteroatoms. The van der Waals surface area contributed by atoms with E-state index in [0.717, 1.165) is 5.39 Å². The van der Waals surface area contributed by atoms with E-state index in [-0.39, 0.29) is 5.91 Å². The van der Waals surface area contributed by atoms with Gasteiger partial charge in [0.05, 0.1) is 11.1 Å². The number of hydrogen-bond acceptors (Lipinski definition) is 3. The van der Waals surface area contributed by atoms with E-state index in [4.69, 9.17) is 0 Å². The van der Waals surface area contributed by atoms with Gasteiger partial charge >= 0.3 is 0 Å². The maximum absolute atomic E-state index is 11.8. The third-order valence-electron chi connectivity index (χ3n) is 3.05. The molecule has 0 spiro atoms. The molecular weight excluding hydrogens is 244 g/mol. The number of imide groups is 1. The zero-order valence-corrected chi connectivity index (χ0v) is 10.1. The van der Waals surface area contributed by atoms with Crippen molar-refractivity contribution < 1.29 is 14.4 Å². The van der Waals surface area contributed by atoms with Gasteiger partial charge in [0.1, 0.15) is 0 Å². The fraction of sp³-hybridized carbons (Fsp3) is 0.0714. The molecule has 0 aromatic heterocycles. The van der Waals surface area contributed by atoms with Crippen LogP contribution in [0.3, 0.4) is 0 Å². The molecule has 0 radical (unpaired) electrons. The second kappa shape index (κ2) is 3.91. The lowest BCUT2D eigenvalue weighted by atomic mass is 9.98. The van der Waals surface area contributed by atoms with Crippen molar-refractivity contribution in [3.8, 4) is 0 Å². The molecule has 2 aromatic rings. The van der Waals surface area contributed by atoms with Gasteiger partial charge in [0.25, 0.3) is 11.8 Å². The Bertz CT molecular complexity index is 750. The van der Waals surface area contributed by atoms with Gasteiger partial charge in [-0.05, 0) is 11.5 Å². The number of carbonyl (C=O) groups excluding carboxylic acids is 3. The summed E-state index contributed by atoms with van der Waals surface area (Å²) in [4.78, 5) is 34.7. The van der Waals surface area contributed by atoms with E-state index in [0.29, 0.717) is 22.2 Å². The van der Waals surface area contributed by atoms with Gasteiger partial charge in [-0.1, -0.05) is 24.3 Å². The first-order valence-corrected chi connectivity index (χ1v) is 5.77. The Hall–Kier alpha value is -2.69. The van der Waals surface area contributed by atoms with Crippen molar-refractivity contribution in [1.82, 2.24) is 5.32 Å². The number of fused-ring (bicyclic) bond motifs is 3. The molecule has 0 fully saturated rings. The molecule has 19 heavy (non-hydrogen) atoms. The summed E-state index contributed by atoms with van der Waals surface area (Å²) in [6.07, 6.45) is 0. The summed E-state index contributed by atoms with van der Waals surface area (Å²) in [7, 11) is 0. The van der Waals surface area contributed by atoms with Crippen molar-refractivity contribution in [1.29, 1.82) is 0 Å². The fourth-order valence-corrected chi connectivity index (χ4v) is 2.33. The molecule has 3 rings (SSSR count). The molecule has 3 amide bonds. The van der Waals surface area contributed by atoms with Crippen LogP contribution in [0.1, 0.15) is 27.6 Å². The molecule has 0 saturated heterocycles. The van der Waals surface area contributed by atoms with E-state index < -0.39 is 11.8 Å². The number of hydrogen-bond donors (Lipinski definition) is 2. The van der Waals surface area contributed by atoms with E-state index in [1.807, 2.05) is 6.07 Å². The zero-order chi connectivity index (χ0) is 13.6. The Morgan fingerprint density at radius 1 is 1.11 bits per heavy atom. The highest BCUT2D eigenvalue weighted by molar-refractivity contribution is 6.28. The summed E-state index contributed by atoms with van der Waals surface area (Å²) in [6, 6.07) is 8.71. The number of amides is 3. The largest absolute Gasteiger partial charge is 0.326 e. The number of nitrogens with one attached hydrogen (secondary N) is 2. The third-order valence-corrected chi connectivity index (χ3v) is 3.05. The Balaban J connectivity index is 2.38. The molecule has 2 N–H and O–H groups in total. The standard InChI is InChI=1S/C14H10N2O3/c1-7(17)15-11-6-10-12(14(19)16-13(10)18)9-5-3-2-4-8(9)11/h2-6H,1H3,(H,15,17)(H,16,18,19). The molecule has 1 heterocycles. The van der Waals surface area contributed by atoms with Gasteiger partial charge in [0, 0.05) is 18.0 Å². The van der Waals surface area contributed by atoms with Crippen LogP contribution >= 0.6 is 0 Å². The Morgan fingerprint density at radius 2 is 1.79 bits per heavy atom. The van der Waals surface area contributed by atoms with Gasteiger partial charge in [-0.3, -0.25) is 19.7 Å². The second-order valence-corrected chi connectivity index (χ2v) is 4.36. The summed E-state index contributed by atoms with van der Waals surface area (Å²) in [5.41, 5.74) is 1.20. The molecule has 1 aliphatic rings. The van der Waals surface area contributed by atoms with Gasteiger partial charge in [-0.15, -0.1) is 0 Å². The van der Waals surface area contributed by atoms with Gasteiger partial charge in [-0.2, -0.15) is 0 Å². The highest BCUT2D eigenvalue weighted by Crippen LogP contribution is 2.32. The predicted octanol–water partition coefficient (Wildman–Crippen LogP) is 1.68. The van der Waals surface area contributed by atoms with E-state index in [1.54, 1.807) is 24.3 Å². The molecule has 0 atom stereocenters. The van der Waals surface area contributed by atoms with E-state index in [9.17, 15) is 14.4 Å². The number of benzene rings is 2. The molecule has 0 unspecified atom stereocenters.